The summed E-state index contributed by atoms with van der Waals surface area (Å²) in [7, 11) is 2.15. The molecule has 4 nitrogen and oxygen atoms in total. The highest BCUT2D eigenvalue weighted by molar-refractivity contribution is 5.79. The molecule has 0 spiro atoms. The van der Waals surface area contributed by atoms with Crippen LogP contribution in [-0.2, 0) is 0 Å². The zero-order valence-corrected chi connectivity index (χ0v) is 14.3. The van der Waals surface area contributed by atoms with Gasteiger partial charge in [-0.2, -0.15) is 0 Å². The Balaban J connectivity index is 1.76. The lowest BCUT2D eigenvalue weighted by atomic mass is 10.3. The minimum absolute atomic E-state index is 0.876. The second-order valence-electron chi connectivity index (χ2n) is 6.68. The standard InChI is InChI=1S/C17H34N4/c1-4-6-12-20(3)17(18-5-2)19-11-13-21(16-9-10-16)14-15-7-8-15/h15-16H,4-14H2,1-3H3,(H,18,19). The Kier molecular flexibility index (Phi) is 6.81. The number of nitrogens with one attached hydrogen (secondary N) is 1. The summed E-state index contributed by atoms with van der Waals surface area (Å²) in [6, 6.07) is 0.876. The SMILES string of the molecule is CCCCN(C)C(=NCCN(CC1CC1)C1CC1)NCC. The van der Waals surface area contributed by atoms with Gasteiger partial charge in [0.1, 0.15) is 0 Å². The number of unbranched alkanes of at least 4 members (excludes halogenated alkanes) is 1. The number of guanidine groups is 1. The third-order valence-electron chi connectivity index (χ3n) is 4.45. The molecular formula is C17H34N4. The smallest absolute Gasteiger partial charge is 0.193 e. The highest BCUT2D eigenvalue weighted by Crippen LogP contribution is 2.34. The fourth-order valence-electron chi connectivity index (χ4n) is 2.75. The van der Waals surface area contributed by atoms with Gasteiger partial charge in [-0.15, -0.1) is 0 Å². The van der Waals surface area contributed by atoms with Crippen molar-refractivity contribution in [2.75, 3.05) is 39.8 Å². The van der Waals surface area contributed by atoms with E-state index in [-0.39, 0.29) is 0 Å². The quantitative estimate of drug-likeness (QED) is 0.496. The Bertz CT molecular complexity index is 321. The van der Waals surface area contributed by atoms with Crippen molar-refractivity contribution in [2.24, 2.45) is 10.9 Å². The molecule has 2 aliphatic rings. The number of nitrogens with zero attached hydrogens (tertiary/aromatic N) is 3. The molecule has 1 N–H and O–H groups in total. The van der Waals surface area contributed by atoms with Gasteiger partial charge in [-0.25, -0.2) is 0 Å². The summed E-state index contributed by atoms with van der Waals surface area (Å²) in [4.78, 5) is 9.80. The molecule has 0 amide bonds. The third kappa shape index (κ3) is 6.25. The minimum atomic E-state index is 0.876. The average Bonchev–Trinajstić information content (AvgIpc) is 3.35. The summed E-state index contributed by atoms with van der Waals surface area (Å²) >= 11 is 0. The Labute approximate surface area is 131 Å². The van der Waals surface area contributed by atoms with Gasteiger partial charge in [0.15, 0.2) is 5.96 Å². The van der Waals surface area contributed by atoms with Crippen LogP contribution >= 0.6 is 0 Å². The van der Waals surface area contributed by atoms with Crippen LogP contribution in [0.1, 0.15) is 52.4 Å². The molecule has 0 aromatic heterocycles. The van der Waals surface area contributed by atoms with Crippen LogP contribution in [0.2, 0.25) is 0 Å². The molecule has 0 unspecified atom stereocenters. The molecule has 0 radical (unpaired) electrons. The predicted molar refractivity (Wildman–Crippen MR) is 90.8 cm³/mol. The van der Waals surface area contributed by atoms with Crippen molar-refractivity contribution in [3.63, 3.8) is 0 Å². The Morgan fingerprint density at radius 3 is 2.48 bits per heavy atom. The maximum atomic E-state index is 4.83. The van der Waals surface area contributed by atoms with Crippen molar-refractivity contribution in [3.8, 4) is 0 Å². The van der Waals surface area contributed by atoms with Crippen molar-refractivity contribution in [1.29, 1.82) is 0 Å². The maximum absolute atomic E-state index is 4.83. The lowest BCUT2D eigenvalue weighted by Gasteiger charge is -2.23. The normalized spacial score (nSPS) is 19.1. The number of rotatable bonds is 10. The van der Waals surface area contributed by atoms with Gasteiger partial charge in [0, 0.05) is 39.3 Å². The molecule has 0 saturated heterocycles. The van der Waals surface area contributed by atoms with E-state index in [1.807, 2.05) is 0 Å². The van der Waals surface area contributed by atoms with E-state index in [9.17, 15) is 0 Å². The minimum Gasteiger partial charge on any atom is -0.357 e. The highest BCUT2D eigenvalue weighted by Gasteiger charge is 2.33. The molecule has 4 heteroatoms. The summed E-state index contributed by atoms with van der Waals surface area (Å²) in [6.07, 6.45) is 8.20. The monoisotopic (exact) mass is 294 g/mol. The van der Waals surface area contributed by atoms with E-state index >= 15 is 0 Å². The van der Waals surface area contributed by atoms with Crippen LogP contribution in [0.5, 0.6) is 0 Å². The van der Waals surface area contributed by atoms with Crippen molar-refractivity contribution < 1.29 is 0 Å². The van der Waals surface area contributed by atoms with Gasteiger partial charge >= 0.3 is 0 Å². The third-order valence-corrected chi connectivity index (χ3v) is 4.45. The van der Waals surface area contributed by atoms with Crippen molar-refractivity contribution in [2.45, 2.75) is 58.4 Å². The van der Waals surface area contributed by atoms with Crippen LogP contribution in [0.3, 0.4) is 0 Å². The molecule has 0 aliphatic heterocycles. The molecule has 0 aromatic rings. The van der Waals surface area contributed by atoms with Gasteiger partial charge in [0.25, 0.3) is 0 Å². The number of aliphatic imine (C=N–C) groups is 1. The Hall–Kier alpha value is -0.770. The summed E-state index contributed by atoms with van der Waals surface area (Å²) in [5.41, 5.74) is 0. The second-order valence-corrected chi connectivity index (χ2v) is 6.68. The van der Waals surface area contributed by atoms with Crippen LogP contribution < -0.4 is 5.32 Å². The fraction of sp³-hybridized carbons (Fsp3) is 0.941. The van der Waals surface area contributed by atoms with Crippen LogP contribution in [0, 0.1) is 5.92 Å². The molecule has 2 rings (SSSR count). The van der Waals surface area contributed by atoms with E-state index in [0.717, 1.165) is 44.1 Å². The molecule has 2 fully saturated rings. The van der Waals surface area contributed by atoms with Crippen LogP contribution in [0.4, 0.5) is 0 Å². The van der Waals surface area contributed by atoms with Gasteiger partial charge in [-0.1, -0.05) is 13.3 Å². The van der Waals surface area contributed by atoms with E-state index in [4.69, 9.17) is 4.99 Å². The van der Waals surface area contributed by atoms with Crippen LogP contribution in [0.25, 0.3) is 0 Å². The molecule has 122 valence electrons. The lowest BCUT2D eigenvalue weighted by Crippen LogP contribution is -2.40. The Morgan fingerprint density at radius 1 is 1.14 bits per heavy atom. The molecule has 2 saturated carbocycles. The average molecular weight is 294 g/mol. The largest absolute Gasteiger partial charge is 0.357 e. The molecular weight excluding hydrogens is 260 g/mol. The summed E-state index contributed by atoms with van der Waals surface area (Å²) < 4.78 is 0. The molecule has 0 bridgehead atoms. The maximum Gasteiger partial charge on any atom is 0.193 e. The van der Waals surface area contributed by atoms with E-state index in [1.54, 1.807) is 0 Å². The van der Waals surface area contributed by atoms with E-state index < -0.39 is 0 Å². The first kappa shape index (κ1) is 16.6. The van der Waals surface area contributed by atoms with Crippen LogP contribution in [0.15, 0.2) is 4.99 Å². The molecule has 0 atom stereocenters. The zero-order valence-electron chi connectivity index (χ0n) is 14.3. The van der Waals surface area contributed by atoms with Gasteiger partial charge in [0.05, 0.1) is 6.54 Å². The van der Waals surface area contributed by atoms with Crippen LogP contribution in [-0.4, -0.2) is 61.6 Å². The topological polar surface area (TPSA) is 30.9 Å². The molecule has 2 aliphatic carbocycles. The second kappa shape index (κ2) is 8.62. The fourth-order valence-corrected chi connectivity index (χ4v) is 2.75. The van der Waals surface area contributed by atoms with Crippen molar-refractivity contribution >= 4 is 5.96 Å². The van der Waals surface area contributed by atoms with E-state index in [2.05, 4.69) is 36.0 Å². The van der Waals surface area contributed by atoms with Gasteiger partial charge in [-0.05, 0) is 44.9 Å². The summed E-state index contributed by atoms with van der Waals surface area (Å²) in [5.74, 6) is 2.07. The first-order chi connectivity index (χ1) is 10.2. The molecule has 0 aromatic carbocycles. The Morgan fingerprint density at radius 2 is 1.90 bits per heavy atom. The number of hydrogen-bond donors (Lipinski definition) is 1. The number of hydrogen-bond acceptors (Lipinski definition) is 2. The molecule has 21 heavy (non-hydrogen) atoms. The summed E-state index contributed by atoms with van der Waals surface area (Å²) in [6.45, 7) is 9.82. The van der Waals surface area contributed by atoms with Gasteiger partial charge in [0.2, 0.25) is 0 Å². The van der Waals surface area contributed by atoms with Crippen molar-refractivity contribution in [3.05, 3.63) is 0 Å². The zero-order chi connectivity index (χ0) is 15.1. The van der Waals surface area contributed by atoms with Crippen molar-refractivity contribution in [1.82, 2.24) is 15.1 Å². The molecule has 0 heterocycles. The lowest BCUT2D eigenvalue weighted by molar-refractivity contribution is 0.259. The van der Waals surface area contributed by atoms with E-state index in [1.165, 1.54) is 45.1 Å². The summed E-state index contributed by atoms with van der Waals surface area (Å²) in [5, 5.41) is 3.42. The predicted octanol–water partition coefficient (Wildman–Crippen LogP) is 2.56. The first-order valence-electron chi connectivity index (χ1n) is 8.98. The van der Waals surface area contributed by atoms with E-state index in [0.29, 0.717) is 0 Å². The highest BCUT2D eigenvalue weighted by atomic mass is 15.3. The van der Waals surface area contributed by atoms with Gasteiger partial charge in [-0.3, -0.25) is 9.89 Å². The first-order valence-corrected chi connectivity index (χ1v) is 8.98. The van der Waals surface area contributed by atoms with Gasteiger partial charge < -0.3 is 10.2 Å².